The predicted molar refractivity (Wildman–Crippen MR) is 122 cm³/mol. The Hall–Kier alpha value is -1.30. The van der Waals surface area contributed by atoms with Crippen LogP contribution < -0.4 is 0 Å². The van der Waals surface area contributed by atoms with E-state index in [2.05, 4.69) is 25.7 Å². The first-order valence-corrected chi connectivity index (χ1v) is 11.6. The quantitative estimate of drug-likeness (QED) is 0.673. The molecule has 1 aromatic rings. The normalized spacial score (nSPS) is 20.6. The molecule has 5 nitrogen and oxygen atoms in total. The third-order valence-corrected chi connectivity index (χ3v) is 6.58. The predicted octanol–water partition coefficient (Wildman–Crippen LogP) is 4.11. The second kappa shape index (κ2) is 9.88. The van der Waals surface area contributed by atoms with Crippen molar-refractivity contribution in [2.45, 2.75) is 52.5 Å². The molecule has 166 valence electrons. The van der Waals surface area contributed by atoms with Gasteiger partial charge in [0.15, 0.2) is 0 Å². The lowest BCUT2D eigenvalue weighted by molar-refractivity contribution is -0.144. The van der Waals surface area contributed by atoms with Crippen molar-refractivity contribution < 1.29 is 9.59 Å². The number of rotatable bonds is 5. The van der Waals surface area contributed by atoms with Crippen molar-refractivity contribution in [3.05, 3.63) is 33.8 Å². The lowest BCUT2D eigenvalue weighted by atomic mass is 9.91. The first-order chi connectivity index (χ1) is 14.1. The number of likely N-dealkylation sites (tertiary alicyclic amines) is 1. The highest BCUT2D eigenvalue weighted by atomic mass is 35.5. The molecule has 0 aromatic heterocycles. The molecule has 0 bridgehead atoms. The van der Waals surface area contributed by atoms with E-state index in [9.17, 15) is 9.59 Å². The zero-order valence-corrected chi connectivity index (χ0v) is 19.8. The lowest BCUT2D eigenvalue weighted by Gasteiger charge is -2.43. The topological polar surface area (TPSA) is 43.9 Å². The number of hydrogen-bond acceptors (Lipinski definition) is 3. The molecule has 2 heterocycles. The number of carbonyl (C=O) groups excluding carboxylic acids is 2. The van der Waals surface area contributed by atoms with Gasteiger partial charge in [0.05, 0.1) is 22.5 Å². The molecule has 0 unspecified atom stereocenters. The highest BCUT2D eigenvalue weighted by Crippen LogP contribution is 2.25. The van der Waals surface area contributed by atoms with Crippen LogP contribution in [-0.2, 0) is 16.0 Å². The van der Waals surface area contributed by atoms with Gasteiger partial charge >= 0.3 is 0 Å². The Morgan fingerprint density at radius 2 is 1.70 bits per heavy atom. The fourth-order valence-electron chi connectivity index (χ4n) is 4.32. The van der Waals surface area contributed by atoms with Crippen LogP contribution in [0.4, 0.5) is 0 Å². The van der Waals surface area contributed by atoms with Crippen LogP contribution in [0, 0.1) is 5.41 Å². The average molecular weight is 454 g/mol. The Morgan fingerprint density at radius 1 is 1.00 bits per heavy atom. The van der Waals surface area contributed by atoms with Gasteiger partial charge in [0.25, 0.3) is 0 Å². The van der Waals surface area contributed by atoms with E-state index >= 15 is 0 Å². The molecule has 2 fully saturated rings. The summed E-state index contributed by atoms with van der Waals surface area (Å²) >= 11 is 12.1. The van der Waals surface area contributed by atoms with Gasteiger partial charge in [-0.05, 0) is 49.0 Å². The summed E-state index contributed by atoms with van der Waals surface area (Å²) in [5.41, 5.74) is 0.822. The summed E-state index contributed by atoms with van der Waals surface area (Å²) in [6, 6.07) is 5.37. The van der Waals surface area contributed by atoms with Crippen molar-refractivity contribution in [1.29, 1.82) is 0 Å². The lowest BCUT2D eigenvalue weighted by Crippen LogP contribution is -2.60. The second-order valence-corrected chi connectivity index (χ2v) is 10.6. The first-order valence-electron chi connectivity index (χ1n) is 10.9. The van der Waals surface area contributed by atoms with E-state index in [1.165, 1.54) is 12.8 Å². The fraction of sp³-hybridized carbons (Fsp3) is 0.652. The summed E-state index contributed by atoms with van der Waals surface area (Å²) < 4.78 is 0. The summed E-state index contributed by atoms with van der Waals surface area (Å²) in [5.74, 6) is 0.269. The van der Waals surface area contributed by atoms with Crippen LogP contribution >= 0.6 is 23.2 Å². The second-order valence-electron chi connectivity index (χ2n) is 9.75. The van der Waals surface area contributed by atoms with Crippen molar-refractivity contribution in [3.8, 4) is 0 Å². The number of hydrogen-bond donors (Lipinski definition) is 0. The molecule has 2 amide bonds. The van der Waals surface area contributed by atoms with Gasteiger partial charge in [0, 0.05) is 32.6 Å². The minimum absolute atomic E-state index is 0.0241. The van der Waals surface area contributed by atoms with Gasteiger partial charge in [-0.1, -0.05) is 50.0 Å². The largest absolute Gasteiger partial charge is 0.339 e. The average Bonchev–Trinajstić information content (AvgIpc) is 3.16. The maximum absolute atomic E-state index is 13.2. The zero-order valence-electron chi connectivity index (χ0n) is 18.3. The molecule has 0 saturated carbocycles. The monoisotopic (exact) mass is 453 g/mol. The molecule has 30 heavy (non-hydrogen) atoms. The Bertz CT molecular complexity index is 772. The molecule has 2 aliphatic rings. The van der Waals surface area contributed by atoms with Crippen LogP contribution in [-0.4, -0.2) is 71.8 Å². The maximum Gasteiger partial charge on any atom is 0.227 e. The standard InChI is InChI=1S/C23H33Cl2N3O2/c1-23(2,3)14-22(30)27-10-11-28(18(16-27)15-26-8-4-5-9-26)21(29)13-17-6-7-19(24)20(25)12-17/h6-7,12,18H,4-5,8-11,13-16H2,1-3H3/t18-/m1/s1. The summed E-state index contributed by atoms with van der Waals surface area (Å²) in [5, 5.41) is 0.957. The molecule has 1 atom stereocenters. The van der Waals surface area contributed by atoms with Gasteiger partial charge in [-0.2, -0.15) is 0 Å². The number of benzene rings is 1. The van der Waals surface area contributed by atoms with Gasteiger partial charge in [0.2, 0.25) is 11.8 Å². The Labute approximate surface area is 190 Å². The minimum Gasteiger partial charge on any atom is -0.339 e. The van der Waals surface area contributed by atoms with E-state index in [-0.39, 0.29) is 23.3 Å². The summed E-state index contributed by atoms with van der Waals surface area (Å²) in [4.78, 5) is 32.3. The smallest absolute Gasteiger partial charge is 0.227 e. The molecule has 0 spiro atoms. The minimum atomic E-state index is -0.0393. The van der Waals surface area contributed by atoms with Gasteiger partial charge in [-0.25, -0.2) is 0 Å². The molecule has 0 aliphatic carbocycles. The van der Waals surface area contributed by atoms with E-state index in [0.717, 1.165) is 25.2 Å². The highest BCUT2D eigenvalue weighted by Gasteiger charge is 2.34. The van der Waals surface area contributed by atoms with E-state index in [1.807, 2.05) is 15.9 Å². The number of nitrogens with zero attached hydrogens (tertiary/aromatic N) is 3. The first kappa shape index (κ1) is 23.4. The van der Waals surface area contributed by atoms with Crippen LogP contribution in [0.5, 0.6) is 0 Å². The van der Waals surface area contributed by atoms with E-state index in [4.69, 9.17) is 23.2 Å². The van der Waals surface area contributed by atoms with Crippen molar-refractivity contribution in [3.63, 3.8) is 0 Å². The summed E-state index contributed by atoms with van der Waals surface area (Å²) in [7, 11) is 0. The Balaban J connectivity index is 1.70. The SMILES string of the molecule is CC(C)(C)CC(=O)N1CCN(C(=O)Cc2ccc(Cl)c(Cl)c2)[C@H](CN2CCCC2)C1. The van der Waals surface area contributed by atoms with Crippen molar-refractivity contribution in [1.82, 2.24) is 14.7 Å². The Morgan fingerprint density at radius 3 is 2.33 bits per heavy atom. The van der Waals surface area contributed by atoms with Gasteiger partial charge < -0.3 is 14.7 Å². The highest BCUT2D eigenvalue weighted by molar-refractivity contribution is 6.42. The van der Waals surface area contributed by atoms with Crippen molar-refractivity contribution in [2.75, 3.05) is 39.3 Å². The molecule has 2 saturated heterocycles. The Kier molecular flexibility index (Phi) is 7.70. The van der Waals surface area contributed by atoms with Gasteiger partial charge in [0.1, 0.15) is 0 Å². The molecule has 3 rings (SSSR count). The summed E-state index contributed by atoms with van der Waals surface area (Å²) in [6.07, 6.45) is 3.23. The van der Waals surface area contributed by atoms with Crippen LogP contribution in [0.15, 0.2) is 18.2 Å². The van der Waals surface area contributed by atoms with Crippen LogP contribution in [0.2, 0.25) is 10.0 Å². The van der Waals surface area contributed by atoms with Crippen molar-refractivity contribution in [2.24, 2.45) is 5.41 Å². The zero-order chi connectivity index (χ0) is 21.9. The molecule has 0 radical (unpaired) electrons. The molecule has 2 aliphatic heterocycles. The maximum atomic E-state index is 13.2. The number of carbonyl (C=O) groups is 2. The molecule has 0 N–H and O–H groups in total. The van der Waals surface area contributed by atoms with E-state index in [0.29, 0.717) is 42.5 Å². The molecular formula is C23H33Cl2N3O2. The molecular weight excluding hydrogens is 421 g/mol. The third-order valence-electron chi connectivity index (χ3n) is 5.84. The van der Waals surface area contributed by atoms with Crippen molar-refractivity contribution >= 4 is 35.0 Å². The van der Waals surface area contributed by atoms with Gasteiger partial charge in [-0.15, -0.1) is 0 Å². The number of amides is 2. The number of piperazine rings is 1. The van der Waals surface area contributed by atoms with Crippen LogP contribution in [0.3, 0.4) is 0 Å². The fourth-order valence-corrected chi connectivity index (χ4v) is 4.64. The van der Waals surface area contributed by atoms with Gasteiger partial charge in [-0.3, -0.25) is 9.59 Å². The molecule has 7 heteroatoms. The third kappa shape index (κ3) is 6.35. The van der Waals surface area contributed by atoms with E-state index < -0.39 is 0 Å². The molecule has 1 aromatic carbocycles. The van der Waals surface area contributed by atoms with Crippen LogP contribution in [0.25, 0.3) is 0 Å². The number of halogens is 2. The van der Waals surface area contributed by atoms with Crippen LogP contribution in [0.1, 0.15) is 45.6 Å². The van der Waals surface area contributed by atoms with E-state index in [1.54, 1.807) is 12.1 Å². The summed E-state index contributed by atoms with van der Waals surface area (Å²) in [6.45, 7) is 11.0.